The van der Waals surface area contributed by atoms with Gasteiger partial charge in [0.2, 0.25) is 0 Å². The minimum absolute atomic E-state index is 0.0354. The third kappa shape index (κ3) is 3.85. The largest absolute Gasteiger partial charge is 0.361 e. The van der Waals surface area contributed by atoms with Gasteiger partial charge in [-0.3, -0.25) is 4.79 Å². The molecule has 0 aliphatic rings. The first-order valence-corrected chi connectivity index (χ1v) is 12.8. The summed E-state index contributed by atoms with van der Waals surface area (Å²) in [6, 6.07) is 25.7. The quantitative estimate of drug-likeness (QED) is 0.267. The summed E-state index contributed by atoms with van der Waals surface area (Å²) in [7, 11) is -1.45. The number of carbonyl (C=O) groups is 1. The van der Waals surface area contributed by atoms with E-state index in [4.69, 9.17) is 4.98 Å². The van der Waals surface area contributed by atoms with Gasteiger partial charge >= 0.3 is 0 Å². The molecule has 3 aromatic heterocycles. The summed E-state index contributed by atoms with van der Waals surface area (Å²) >= 11 is 0. The molecular formula is C30H23N3O2S. The third-order valence-electron chi connectivity index (χ3n) is 6.50. The van der Waals surface area contributed by atoms with Gasteiger partial charge in [-0.1, -0.05) is 48.0 Å². The SMILES string of the molecule is CC(=O)c1ccc(-c2cnc3c(c2)c(-c2ccc4[nH]ccc4c2)cn3S(=O)c2ccc(C)cc2)cc1. The van der Waals surface area contributed by atoms with Crippen molar-refractivity contribution in [3.05, 3.63) is 109 Å². The lowest BCUT2D eigenvalue weighted by Gasteiger charge is -2.07. The van der Waals surface area contributed by atoms with Gasteiger partial charge < -0.3 is 4.98 Å². The molecule has 0 saturated carbocycles. The Hall–Kier alpha value is -4.29. The number of aromatic amines is 1. The molecular weight excluding hydrogens is 466 g/mol. The van der Waals surface area contributed by atoms with Crippen LogP contribution in [0.5, 0.6) is 0 Å². The molecule has 36 heavy (non-hydrogen) atoms. The van der Waals surface area contributed by atoms with Gasteiger partial charge in [-0.05, 0) is 66.8 Å². The number of carbonyl (C=O) groups excluding carboxylic acids is 1. The molecule has 0 aliphatic carbocycles. The molecule has 6 heteroatoms. The van der Waals surface area contributed by atoms with Crippen LogP contribution >= 0.6 is 0 Å². The summed E-state index contributed by atoms with van der Waals surface area (Å²) in [5, 5.41) is 2.02. The fraction of sp³-hybridized carbons (Fsp3) is 0.0667. The number of nitrogens with one attached hydrogen (secondary N) is 1. The maximum atomic E-state index is 13.6. The number of Topliss-reactive ketones (excluding diaryl/α,β-unsaturated/α-hetero) is 1. The van der Waals surface area contributed by atoms with Crippen molar-refractivity contribution in [2.75, 3.05) is 0 Å². The van der Waals surface area contributed by atoms with E-state index in [1.807, 2.05) is 73.9 Å². The number of rotatable bonds is 5. The van der Waals surface area contributed by atoms with E-state index < -0.39 is 11.0 Å². The minimum Gasteiger partial charge on any atom is -0.361 e. The van der Waals surface area contributed by atoms with Crippen LogP contribution in [-0.4, -0.2) is 23.9 Å². The van der Waals surface area contributed by atoms with Crippen molar-refractivity contribution >= 4 is 38.7 Å². The molecule has 176 valence electrons. The molecule has 5 nitrogen and oxygen atoms in total. The van der Waals surface area contributed by atoms with Gasteiger partial charge in [0.05, 0.1) is 4.90 Å². The van der Waals surface area contributed by atoms with Gasteiger partial charge in [0.25, 0.3) is 0 Å². The van der Waals surface area contributed by atoms with Crippen LogP contribution in [0.4, 0.5) is 0 Å². The van der Waals surface area contributed by atoms with Crippen molar-refractivity contribution in [3.8, 4) is 22.3 Å². The van der Waals surface area contributed by atoms with Crippen LogP contribution in [-0.2, 0) is 11.0 Å². The first-order valence-electron chi connectivity index (χ1n) is 11.7. The van der Waals surface area contributed by atoms with Gasteiger partial charge in [0.15, 0.2) is 22.4 Å². The van der Waals surface area contributed by atoms with Crippen molar-refractivity contribution in [2.45, 2.75) is 18.7 Å². The highest BCUT2D eigenvalue weighted by atomic mass is 32.2. The summed E-state index contributed by atoms with van der Waals surface area (Å²) in [5.41, 5.74) is 7.40. The van der Waals surface area contributed by atoms with Crippen LogP contribution in [0.25, 0.3) is 44.2 Å². The third-order valence-corrected chi connectivity index (χ3v) is 7.81. The maximum absolute atomic E-state index is 13.6. The fourth-order valence-corrected chi connectivity index (χ4v) is 5.58. The van der Waals surface area contributed by atoms with E-state index in [1.165, 1.54) is 0 Å². The Morgan fingerprint density at radius 2 is 1.64 bits per heavy atom. The zero-order valence-electron chi connectivity index (χ0n) is 19.9. The fourth-order valence-electron chi connectivity index (χ4n) is 4.48. The Balaban J connectivity index is 1.54. The molecule has 0 saturated heterocycles. The van der Waals surface area contributed by atoms with E-state index in [1.54, 1.807) is 17.1 Å². The van der Waals surface area contributed by atoms with E-state index in [9.17, 15) is 9.00 Å². The predicted octanol–water partition coefficient (Wildman–Crippen LogP) is 6.93. The Bertz CT molecular complexity index is 1780. The summed E-state index contributed by atoms with van der Waals surface area (Å²) in [6.07, 6.45) is 5.66. The highest BCUT2D eigenvalue weighted by Crippen LogP contribution is 2.35. The molecule has 1 N–H and O–H groups in total. The number of H-pyrrole nitrogens is 1. The molecule has 1 unspecified atom stereocenters. The van der Waals surface area contributed by atoms with Crippen LogP contribution in [0.15, 0.2) is 102 Å². The first kappa shape index (κ1) is 22.2. The minimum atomic E-state index is -1.45. The molecule has 1 atom stereocenters. The van der Waals surface area contributed by atoms with Crippen LogP contribution < -0.4 is 0 Å². The van der Waals surface area contributed by atoms with Gasteiger partial charge in [-0.15, -0.1) is 0 Å². The Labute approximate surface area is 211 Å². The van der Waals surface area contributed by atoms with E-state index in [2.05, 4.69) is 29.2 Å². The molecule has 0 bridgehead atoms. The van der Waals surface area contributed by atoms with Crippen LogP contribution in [0, 0.1) is 6.92 Å². The maximum Gasteiger partial charge on any atom is 0.159 e. The molecule has 0 fully saturated rings. The lowest BCUT2D eigenvalue weighted by Crippen LogP contribution is -2.04. The number of fused-ring (bicyclic) bond motifs is 2. The molecule has 3 aromatic carbocycles. The number of pyridine rings is 1. The zero-order valence-corrected chi connectivity index (χ0v) is 20.7. The Morgan fingerprint density at radius 1 is 0.889 bits per heavy atom. The van der Waals surface area contributed by atoms with Crippen molar-refractivity contribution < 1.29 is 9.00 Å². The van der Waals surface area contributed by atoms with Crippen molar-refractivity contribution in [2.24, 2.45) is 0 Å². The van der Waals surface area contributed by atoms with Crippen molar-refractivity contribution in [3.63, 3.8) is 0 Å². The molecule has 0 aliphatic heterocycles. The highest BCUT2D eigenvalue weighted by molar-refractivity contribution is 7.83. The van der Waals surface area contributed by atoms with Gasteiger partial charge in [0, 0.05) is 46.2 Å². The molecule has 6 rings (SSSR count). The van der Waals surface area contributed by atoms with Gasteiger partial charge in [0.1, 0.15) is 0 Å². The second-order valence-corrected chi connectivity index (χ2v) is 10.3. The topological polar surface area (TPSA) is 67.8 Å². The Morgan fingerprint density at radius 3 is 2.39 bits per heavy atom. The second kappa shape index (κ2) is 8.73. The number of hydrogen-bond acceptors (Lipinski definition) is 3. The number of hydrogen-bond donors (Lipinski definition) is 1. The number of aromatic nitrogens is 3. The molecule has 0 amide bonds. The van der Waals surface area contributed by atoms with Crippen LogP contribution in [0.3, 0.4) is 0 Å². The molecule has 0 radical (unpaired) electrons. The number of nitrogens with zero attached hydrogens (tertiary/aromatic N) is 2. The first-order chi connectivity index (χ1) is 17.5. The highest BCUT2D eigenvalue weighted by Gasteiger charge is 2.18. The average molecular weight is 490 g/mol. The molecule has 3 heterocycles. The van der Waals surface area contributed by atoms with Gasteiger partial charge in [-0.2, -0.15) is 0 Å². The van der Waals surface area contributed by atoms with E-state index in [0.29, 0.717) is 11.2 Å². The number of ketones is 1. The van der Waals surface area contributed by atoms with Crippen LogP contribution in [0.1, 0.15) is 22.8 Å². The summed E-state index contributed by atoms with van der Waals surface area (Å²) in [4.78, 5) is 20.4. The van der Waals surface area contributed by atoms with Gasteiger partial charge in [-0.25, -0.2) is 13.2 Å². The van der Waals surface area contributed by atoms with E-state index in [0.717, 1.165) is 49.0 Å². The lowest BCUT2D eigenvalue weighted by molar-refractivity contribution is 0.101. The average Bonchev–Trinajstić information content (AvgIpc) is 3.52. The lowest BCUT2D eigenvalue weighted by atomic mass is 10.0. The zero-order chi connectivity index (χ0) is 24.8. The predicted molar refractivity (Wildman–Crippen MR) is 145 cm³/mol. The summed E-state index contributed by atoms with van der Waals surface area (Å²) in [5.74, 6) is 0.0354. The van der Waals surface area contributed by atoms with E-state index in [-0.39, 0.29) is 5.78 Å². The normalized spacial score (nSPS) is 12.3. The van der Waals surface area contributed by atoms with Crippen molar-refractivity contribution in [1.82, 2.24) is 13.9 Å². The molecule has 6 aromatic rings. The Kier molecular flexibility index (Phi) is 5.38. The number of aryl methyl sites for hydroxylation is 1. The number of benzene rings is 3. The van der Waals surface area contributed by atoms with Crippen LogP contribution in [0.2, 0.25) is 0 Å². The van der Waals surface area contributed by atoms with Crippen molar-refractivity contribution in [1.29, 1.82) is 0 Å². The smallest absolute Gasteiger partial charge is 0.159 e. The summed E-state index contributed by atoms with van der Waals surface area (Å²) in [6.45, 7) is 3.58. The second-order valence-electron chi connectivity index (χ2n) is 8.94. The monoisotopic (exact) mass is 489 g/mol. The van der Waals surface area contributed by atoms with E-state index >= 15 is 0 Å². The standard InChI is InChI=1S/C30H23N3O2S/c1-19-3-10-26(11-4-19)36(35)33-18-28(23-9-12-29-24(15-23)13-14-31-29)27-16-25(17-32-30(27)33)22-7-5-21(6-8-22)20(2)34/h3-18,31H,1-2H3. The summed E-state index contributed by atoms with van der Waals surface area (Å²) < 4.78 is 15.4. The molecule has 0 spiro atoms.